The van der Waals surface area contributed by atoms with Crippen molar-refractivity contribution in [1.29, 1.82) is 5.26 Å². The summed E-state index contributed by atoms with van der Waals surface area (Å²) in [6.45, 7) is 2.94. The molecule has 0 aliphatic carbocycles. The molecule has 0 radical (unpaired) electrons. The van der Waals surface area contributed by atoms with E-state index in [1.54, 1.807) is 12.1 Å². The lowest BCUT2D eigenvalue weighted by Crippen LogP contribution is -2.03. The Labute approximate surface area is 111 Å². The Morgan fingerprint density at radius 3 is 2.56 bits per heavy atom. The number of benzene rings is 1. The molecule has 2 aromatic rings. The molecule has 0 aliphatic rings. The first-order chi connectivity index (χ1) is 8.80. The predicted octanol–water partition coefficient (Wildman–Crippen LogP) is 2.97. The second-order valence-electron chi connectivity index (χ2n) is 3.91. The van der Waals surface area contributed by atoms with E-state index in [9.17, 15) is 0 Å². The lowest BCUT2D eigenvalue weighted by Gasteiger charge is -2.07. The van der Waals surface area contributed by atoms with Crippen molar-refractivity contribution in [3.05, 3.63) is 35.7 Å². The molecule has 1 aromatic heterocycles. The first-order valence-electron chi connectivity index (χ1n) is 5.78. The van der Waals surface area contributed by atoms with Crippen LogP contribution in [0.15, 0.2) is 24.3 Å². The van der Waals surface area contributed by atoms with Crippen LogP contribution in [0.1, 0.15) is 24.7 Å². The molecule has 4 nitrogen and oxygen atoms in total. The van der Waals surface area contributed by atoms with Crippen LogP contribution < -0.4 is 0 Å². The molecule has 18 heavy (non-hydrogen) atoms. The van der Waals surface area contributed by atoms with E-state index in [0.717, 1.165) is 30.2 Å². The highest BCUT2D eigenvalue weighted by atomic mass is 35.5. The highest BCUT2D eigenvalue weighted by Crippen LogP contribution is 2.20. The maximum Gasteiger partial charge on any atom is 0.163 e. The van der Waals surface area contributed by atoms with Gasteiger partial charge in [0.15, 0.2) is 5.82 Å². The quantitative estimate of drug-likeness (QED) is 0.794. The molecule has 1 heterocycles. The fourth-order valence-corrected chi connectivity index (χ4v) is 2.00. The largest absolute Gasteiger partial charge is 0.310 e. The Bertz CT molecular complexity index is 566. The van der Waals surface area contributed by atoms with E-state index in [1.807, 2.05) is 16.7 Å². The Morgan fingerprint density at radius 1 is 1.28 bits per heavy atom. The zero-order valence-electron chi connectivity index (χ0n) is 10.1. The Morgan fingerprint density at radius 2 is 2.00 bits per heavy atom. The summed E-state index contributed by atoms with van der Waals surface area (Å²) in [5, 5.41) is 17.0. The minimum atomic E-state index is 0.350. The van der Waals surface area contributed by atoms with E-state index in [2.05, 4.69) is 23.2 Å². The molecule has 1 aromatic carbocycles. The smallest absolute Gasteiger partial charge is 0.163 e. The van der Waals surface area contributed by atoms with Gasteiger partial charge in [-0.3, -0.25) is 0 Å². The standard InChI is InChI=1S/C13H13ClN4/c1-2-7-18-12(8-14)16-17-13(18)11-5-3-10(9-15)4-6-11/h3-6H,2,7-8H2,1H3. The summed E-state index contributed by atoms with van der Waals surface area (Å²) < 4.78 is 2.02. The fraction of sp³-hybridized carbons (Fsp3) is 0.308. The molecule has 5 heteroatoms. The molecule has 0 N–H and O–H groups in total. The van der Waals surface area contributed by atoms with Crippen molar-refractivity contribution in [1.82, 2.24) is 14.8 Å². The third-order valence-electron chi connectivity index (χ3n) is 2.67. The number of hydrogen-bond acceptors (Lipinski definition) is 3. The predicted molar refractivity (Wildman–Crippen MR) is 70.0 cm³/mol. The van der Waals surface area contributed by atoms with Gasteiger partial charge in [-0.1, -0.05) is 6.92 Å². The highest BCUT2D eigenvalue weighted by molar-refractivity contribution is 6.16. The summed E-state index contributed by atoms with van der Waals surface area (Å²) in [6, 6.07) is 9.42. The molecule has 2 rings (SSSR count). The van der Waals surface area contributed by atoms with Gasteiger partial charge in [0.25, 0.3) is 0 Å². The zero-order chi connectivity index (χ0) is 13.0. The van der Waals surface area contributed by atoms with E-state index in [0.29, 0.717) is 11.4 Å². The summed E-state index contributed by atoms with van der Waals surface area (Å²) in [5.74, 6) is 1.93. The van der Waals surface area contributed by atoms with Crippen molar-refractivity contribution < 1.29 is 0 Å². The zero-order valence-corrected chi connectivity index (χ0v) is 10.9. The van der Waals surface area contributed by atoms with E-state index >= 15 is 0 Å². The maximum atomic E-state index is 8.78. The number of nitrogens with zero attached hydrogens (tertiary/aromatic N) is 4. The number of halogens is 1. The van der Waals surface area contributed by atoms with Gasteiger partial charge in [-0.2, -0.15) is 5.26 Å². The minimum Gasteiger partial charge on any atom is -0.310 e. The Hall–Kier alpha value is -1.86. The monoisotopic (exact) mass is 260 g/mol. The summed E-state index contributed by atoms with van der Waals surface area (Å²) >= 11 is 5.85. The van der Waals surface area contributed by atoms with Gasteiger partial charge in [-0.15, -0.1) is 21.8 Å². The second-order valence-corrected chi connectivity index (χ2v) is 4.18. The summed E-state index contributed by atoms with van der Waals surface area (Å²) in [5.41, 5.74) is 1.59. The van der Waals surface area contributed by atoms with Crippen LogP contribution in [0.4, 0.5) is 0 Å². The molecule has 92 valence electrons. The van der Waals surface area contributed by atoms with Gasteiger partial charge in [-0.05, 0) is 30.7 Å². The Kier molecular flexibility index (Phi) is 3.96. The van der Waals surface area contributed by atoms with E-state index in [4.69, 9.17) is 16.9 Å². The van der Waals surface area contributed by atoms with Crippen molar-refractivity contribution >= 4 is 11.6 Å². The van der Waals surface area contributed by atoms with Gasteiger partial charge >= 0.3 is 0 Å². The molecule has 0 saturated carbocycles. The van der Waals surface area contributed by atoms with Crippen LogP contribution in [-0.2, 0) is 12.4 Å². The van der Waals surface area contributed by atoms with Gasteiger partial charge in [-0.25, -0.2) is 0 Å². The number of aromatic nitrogens is 3. The van der Waals surface area contributed by atoms with Crippen LogP contribution >= 0.6 is 11.6 Å². The van der Waals surface area contributed by atoms with E-state index in [1.165, 1.54) is 0 Å². The number of rotatable bonds is 4. The molecule has 0 saturated heterocycles. The molecular formula is C13H13ClN4. The lowest BCUT2D eigenvalue weighted by molar-refractivity contribution is 0.659. The van der Waals surface area contributed by atoms with Crippen LogP contribution in [-0.4, -0.2) is 14.8 Å². The van der Waals surface area contributed by atoms with Crippen molar-refractivity contribution in [2.24, 2.45) is 0 Å². The summed E-state index contributed by atoms with van der Waals surface area (Å²) in [4.78, 5) is 0. The van der Waals surface area contributed by atoms with Crippen molar-refractivity contribution in [2.45, 2.75) is 25.8 Å². The summed E-state index contributed by atoms with van der Waals surface area (Å²) in [7, 11) is 0. The molecule has 0 aliphatic heterocycles. The summed E-state index contributed by atoms with van der Waals surface area (Å²) in [6.07, 6.45) is 0.991. The maximum absolute atomic E-state index is 8.78. The fourth-order valence-electron chi connectivity index (χ4n) is 1.80. The minimum absolute atomic E-state index is 0.350. The highest BCUT2D eigenvalue weighted by Gasteiger charge is 2.12. The van der Waals surface area contributed by atoms with Crippen molar-refractivity contribution in [2.75, 3.05) is 0 Å². The van der Waals surface area contributed by atoms with E-state index in [-0.39, 0.29) is 0 Å². The SMILES string of the molecule is CCCn1c(CCl)nnc1-c1ccc(C#N)cc1. The Balaban J connectivity index is 2.43. The number of alkyl halides is 1. The third-order valence-corrected chi connectivity index (χ3v) is 2.91. The molecule has 0 bridgehead atoms. The number of hydrogen-bond donors (Lipinski definition) is 0. The first-order valence-corrected chi connectivity index (χ1v) is 6.32. The van der Waals surface area contributed by atoms with Gasteiger partial charge < -0.3 is 4.57 Å². The van der Waals surface area contributed by atoms with Crippen LogP contribution in [0.25, 0.3) is 11.4 Å². The molecule has 0 unspecified atom stereocenters. The van der Waals surface area contributed by atoms with Gasteiger partial charge in [0.2, 0.25) is 0 Å². The molecular weight excluding hydrogens is 248 g/mol. The van der Waals surface area contributed by atoms with Crippen LogP contribution in [0, 0.1) is 11.3 Å². The topological polar surface area (TPSA) is 54.5 Å². The average molecular weight is 261 g/mol. The normalized spacial score (nSPS) is 10.3. The van der Waals surface area contributed by atoms with Gasteiger partial charge in [0, 0.05) is 12.1 Å². The van der Waals surface area contributed by atoms with Crippen molar-refractivity contribution in [3.8, 4) is 17.5 Å². The molecule has 0 fully saturated rings. The molecule has 0 spiro atoms. The average Bonchev–Trinajstić information content (AvgIpc) is 2.82. The van der Waals surface area contributed by atoms with Crippen LogP contribution in [0.3, 0.4) is 0 Å². The van der Waals surface area contributed by atoms with Crippen LogP contribution in [0.5, 0.6) is 0 Å². The lowest BCUT2D eigenvalue weighted by atomic mass is 10.1. The number of nitriles is 1. The van der Waals surface area contributed by atoms with Crippen molar-refractivity contribution in [3.63, 3.8) is 0 Å². The second kappa shape index (κ2) is 5.65. The van der Waals surface area contributed by atoms with E-state index < -0.39 is 0 Å². The van der Waals surface area contributed by atoms with Gasteiger partial charge in [0.1, 0.15) is 5.82 Å². The third kappa shape index (κ3) is 2.36. The first kappa shape index (κ1) is 12.6. The van der Waals surface area contributed by atoms with Crippen LogP contribution in [0.2, 0.25) is 0 Å². The molecule has 0 amide bonds. The molecule has 0 atom stereocenters. The van der Waals surface area contributed by atoms with Gasteiger partial charge in [0.05, 0.1) is 17.5 Å².